The van der Waals surface area contributed by atoms with Crippen LogP contribution in [-0.4, -0.2) is 42.3 Å². The summed E-state index contributed by atoms with van der Waals surface area (Å²) in [5.41, 5.74) is 8.93. The minimum Gasteiger partial charge on any atom is -0.507 e. The number of anilines is 1. The number of nitrogens with zero attached hydrogens (tertiary/aromatic N) is 2. The molecule has 4 aromatic rings. The molecule has 0 amide bonds. The molecule has 4 rings (SSSR count). The number of sulfone groups is 1. The van der Waals surface area contributed by atoms with E-state index >= 15 is 0 Å². The number of hydrogen-bond acceptors (Lipinski definition) is 7. The maximum atomic E-state index is 11.8. The number of aromatic nitrogens is 2. The molecule has 0 radical (unpaired) electrons. The van der Waals surface area contributed by atoms with Gasteiger partial charge in [0.25, 0.3) is 0 Å². The Bertz CT molecular complexity index is 1400. The third kappa shape index (κ3) is 4.97. The van der Waals surface area contributed by atoms with Crippen molar-refractivity contribution in [2.24, 2.45) is 5.73 Å². The van der Waals surface area contributed by atoms with Crippen molar-refractivity contribution >= 4 is 26.6 Å². The van der Waals surface area contributed by atoms with Gasteiger partial charge in [0.05, 0.1) is 16.0 Å². The van der Waals surface area contributed by atoms with Crippen molar-refractivity contribution in [3.63, 3.8) is 0 Å². The SMILES string of the molecule is CC[C@H](N)CNc1nc(-c2cc(-c3ccc(S(C)(=O)=O)cc3)ccc2O)nc2ccccc12. The first-order chi connectivity index (χ1) is 15.8. The number of hydrogen-bond donors (Lipinski definition) is 3. The Kier molecular flexibility index (Phi) is 6.31. The van der Waals surface area contributed by atoms with Crippen molar-refractivity contribution in [3.8, 4) is 28.3 Å². The topological polar surface area (TPSA) is 118 Å². The average Bonchev–Trinajstić information content (AvgIpc) is 2.82. The van der Waals surface area contributed by atoms with Crippen molar-refractivity contribution < 1.29 is 13.5 Å². The molecule has 0 unspecified atom stereocenters. The molecule has 0 aliphatic rings. The lowest BCUT2D eigenvalue weighted by Gasteiger charge is -2.14. The number of nitrogens with one attached hydrogen (secondary N) is 1. The van der Waals surface area contributed by atoms with Gasteiger partial charge in [-0.05, 0) is 53.9 Å². The minimum atomic E-state index is -3.27. The van der Waals surface area contributed by atoms with Crippen LogP contribution in [-0.2, 0) is 9.84 Å². The molecule has 1 aromatic heterocycles. The van der Waals surface area contributed by atoms with Crippen LogP contribution >= 0.6 is 0 Å². The standard InChI is InChI=1S/C25H26N4O3S/c1-3-18(26)15-27-24-20-6-4-5-7-22(20)28-25(29-24)21-14-17(10-13-23(21)30)16-8-11-19(12-9-16)33(2,31)32/h4-14,18,30H,3,15,26H2,1-2H3,(H,27,28,29)/t18-/m0/s1. The third-order valence-corrected chi connectivity index (χ3v) is 6.64. The van der Waals surface area contributed by atoms with Gasteiger partial charge >= 0.3 is 0 Å². The summed E-state index contributed by atoms with van der Waals surface area (Å²) in [5.74, 6) is 1.09. The predicted octanol–water partition coefficient (Wildman–Crippen LogP) is 4.22. The summed E-state index contributed by atoms with van der Waals surface area (Å²) in [6.07, 6.45) is 2.01. The fourth-order valence-electron chi connectivity index (χ4n) is 3.49. The molecule has 3 aromatic carbocycles. The monoisotopic (exact) mass is 462 g/mol. The van der Waals surface area contributed by atoms with E-state index in [0.717, 1.165) is 28.5 Å². The van der Waals surface area contributed by atoms with Crippen LogP contribution in [0.15, 0.2) is 71.6 Å². The maximum Gasteiger partial charge on any atom is 0.175 e. The highest BCUT2D eigenvalue weighted by molar-refractivity contribution is 7.90. The summed E-state index contributed by atoms with van der Waals surface area (Å²) in [5, 5.41) is 14.8. The number of nitrogens with two attached hydrogens (primary N) is 1. The van der Waals surface area contributed by atoms with Gasteiger partial charge in [0.1, 0.15) is 11.6 Å². The minimum absolute atomic E-state index is 0.00573. The third-order valence-electron chi connectivity index (χ3n) is 5.51. The Morgan fingerprint density at radius 3 is 2.39 bits per heavy atom. The van der Waals surface area contributed by atoms with E-state index in [1.807, 2.05) is 31.2 Å². The second-order valence-electron chi connectivity index (χ2n) is 7.99. The van der Waals surface area contributed by atoms with Crippen LogP contribution in [0.2, 0.25) is 0 Å². The van der Waals surface area contributed by atoms with Gasteiger partial charge in [-0.2, -0.15) is 0 Å². The number of rotatable bonds is 7. The molecule has 0 saturated heterocycles. The van der Waals surface area contributed by atoms with Crippen LogP contribution in [0.25, 0.3) is 33.4 Å². The highest BCUT2D eigenvalue weighted by Gasteiger charge is 2.15. The summed E-state index contributed by atoms with van der Waals surface area (Å²) in [7, 11) is -3.27. The molecule has 0 aliphatic heterocycles. The van der Waals surface area contributed by atoms with E-state index in [2.05, 4.69) is 10.3 Å². The molecule has 0 saturated carbocycles. The van der Waals surface area contributed by atoms with Crippen LogP contribution in [0, 0.1) is 0 Å². The zero-order chi connectivity index (χ0) is 23.6. The van der Waals surface area contributed by atoms with Crippen LogP contribution in [0.5, 0.6) is 5.75 Å². The van der Waals surface area contributed by atoms with Gasteiger partial charge in [0, 0.05) is 24.2 Å². The molecule has 0 fully saturated rings. The summed E-state index contributed by atoms with van der Waals surface area (Å²) >= 11 is 0. The number of phenols is 1. The van der Waals surface area contributed by atoms with E-state index in [9.17, 15) is 13.5 Å². The lowest BCUT2D eigenvalue weighted by molar-refractivity contribution is 0.477. The van der Waals surface area contributed by atoms with E-state index in [4.69, 9.17) is 10.7 Å². The Balaban J connectivity index is 1.78. The molecular weight excluding hydrogens is 436 g/mol. The molecule has 0 bridgehead atoms. The summed E-state index contributed by atoms with van der Waals surface area (Å²) in [4.78, 5) is 9.63. The summed E-state index contributed by atoms with van der Waals surface area (Å²) in [6, 6.07) is 19.5. The second-order valence-corrected chi connectivity index (χ2v) is 10.0. The molecule has 0 spiro atoms. The quantitative estimate of drug-likeness (QED) is 0.376. The van der Waals surface area contributed by atoms with Gasteiger partial charge < -0.3 is 16.2 Å². The van der Waals surface area contributed by atoms with E-state index in [0.29, 0.717) is 23.8 Å². The smallest absolute Gasteiger partial charge is 0.175 e. The molecular formula is C25H26N4O3S. The Morgan fingerprint density at radius 2 is 1.70 bits per heavy atom. The normalized spacial score (nSPS) is 12.6. The molecule has 33 heavy (non-hydrogen) atoms. The van der Waals surface area contributed by atoms with E-state index < -0.39 is 9.84 Å². The number of benzene rings is 3. The number of para-hydroxylation sites is 1. The molecule has 170 valence electrons. The number of fused-ring (bicyclic) bond motifs is 1. The first-order valence-corrected chi connectivity index (χ1v) is 12.6. The van der Waals surface area contributed by atoms with Gasteiger partial charge in [-0.25, -0.2) is 18.4 Å². The lowest BCUT2D eigenvalue weighted by Crippen LogP contribution is -2.28. The Hall–Kier alpha value is -3.49. The van der Waals surface area contributed by atoms with Crippen LogP contribution in [0.3, 0.4) is 0 Å². The Morgan fingerprint density at radius 1 is 1.00 bits per heavy atom. The predicted molar refractivity (Wildman–Crippen MR) is 132 cm³/mol. The highest BCUT2D eigenvalue weighted by atomic mass is 32.2. The van der Waals surface area contributed by atoms with Crippen LogP contribution in [0.1, 0.15) is 13.3 Å². The molecule has 0 aliphatic carbocycles. The molecule has 4 N–H and O–H groups in total. The second kappa shape index (κ2) is 9.17. The first-order valence-electron chi connectivity index (χ1n) is 10.7. The highest BCUT2D eigenvalue weighted by Crippen LogP contribution is 2.34. The van der Waals surface area contributed by atoms with Gasteiger partial charge in [0.2, 0.25) is 0 Å². The molecule has 1 atom stereocenters. The maximum absolute atomic E-state index is 11.8. The van der Waals surface area contributed by atoms with Crippen molar-refractivity contribution in [3.05, 3.63) is 66.7 Å². The van der Waals surface area contributed by atoms with Crippen molar-refractivity contribution in [1.82, 2.24) is 9.97 Å². The van der Waals surface area contributed by atoms with Crippen molar-refractivity contribution in [2.75, 3.05) is 18.1 Å². The van der Waals surface area contributed by atoms with E-state index in [1.54, 1.807) is 42.5 Å². The Labute approximate surface area is 193 Å². The van der Waals surface area contributed by atoms with Crippen LogP contribution < -0.4 is 11.1 Å². The molecule has 7 nitrogen and oxygen atoms in total. The lowest BCUT2D eigenvalue weighted by atomic mass is 10.0. The van der Waals surface area contributed by atoms with Gasteiger partial charge in [-0.3, -0.25) is 0 Å². The van der Waals surface area contributed by atoms with Gasteiger partial charge in [0.15, 0.2) is 15.7 Å². The summed E-state index contributed by atoms with van der Waals surface area (Å²) < 4.78 is 23.5. The first kappa shape index (κ1) is 22.7. The summed E-state index contributed by atoms with van der Waals surface area (Å²) in [6.45, 7) is 2.59. The number of phenolic OH excluding ortho intramolecular Hbond substituents is 1. The van der Waals surface area contributed by atoms with Gasteiger partial charge in [-0.1, -0.05) is 37.3 Å². The fraction of sp³-hybridized carbons (Fsp3) is 0.200. The fourth-order valence-corrected chi connectivity index (χ4v) is 4.12. The zero-order valence-electron chi connectivity index (χ0n) is 18.5. The molecule has 1 heterocycles. The van der Waals surface area contributed by atoms with Gasteiger partial charge in [-0.15, -0.1) is 0 Å². The van der Waals surface area contributed by atoms with Crippen molar-refractivity contribution in [1.29, 1.82) is 0 Å². The van der Waals surface area contributed by atoms with E-state index in [-0.39, 0.29) is 16.7 Å². The molecule has 8 heteroatoms. The average molecular weight is 463 g/mol. The largest absolute Gasteiger partial charge is 0.507 e. The van der Waals surface area contributed by atoms with Crippen LogP contribution in [0.4, 0.5) is 5.82 Å². The van der Waals surface area contributed by atoms with Crippen molar-refractivity contribution in [2.45, 2.75) is 24.3 Å². The van der Waals surface area contributed by atoms with E-state index in [1.165, 1.54) is 6.26 Å². The number of aromatic hydroxyl groups is 1. The zero-order valence-corrected chi connectivity index (χ0v) is 19.3.